The van der Waals surface area contributed by atoms with Crippen LogP contribution in [0.1, 0.15) is 54.1 Å². The lowest BCUT2D eigenvalue weighted by atomic mass is 9.95. The molecule has 2 heterocycles. The van der Waals surface area contributed by atoms with Gasteiger partial charge in [-0.2, -0.15) is 0 Å². The zero-order chi connectivity index (χ0) is 36.8. The van der Waals surface area contributed by atoms with E-state index >= 15 is 0 Å². The van der Waals surface area contributed by atoms with Gasteiger partial charge in [-0.05, 0) is 84.0 Å². The number of halogens is 1. The van der Waals surface area contributed by atoms with Crippen LogP contribution in [-0.2, 0) is 21.9 Å². The van der Waals surface area contributed by atoms with E-state index < -0.39 is 17.7 Å². The number of carbonyl (C=O) groups excluding carboxylic acids is 2. The van der Waals surface area contributed by atoms with Crippen molar-refractivity contribution < 1.29 is 28.9 Å². The van der Waals surface area contributed by atoms with E-state index in [-0.39, 0.29) is 16.5 Å². The predicted molar refractivity (Wildman–Crippen MR) is 206 cm³/mol. The second kappa shape index (κ2) is 16.7. The first kappa shape index (κ1) is 36.9. The van der Waals surface area contributed by atoms with Gasteiger partial charge < -0.3 is 19.3 Å². The number of carbonyl (C=O) groups is 2. The first-order valence-electron chi connectivity index (χ1n) is 16.7. The van der Waals surface area contributed by atoms with Crippen LogP contribution >= 0.6 is 34.7 Å². The van der Waals surface area contributed by atoms with E-state index in [1.807, 2.05) is 55.5 Å². The number of aryl methyl sites for hydroxylation is 1. The van der Waals surface area contributed by atoms with Crippen LogP contribution in [0.3, 0.4) is 0 Å². The molecule has 1 N–H and O–H groups in total. The van der Waals surface area contributed by atoms with Gasteiger partial charge >= 0.3 is 5.91 Å². The lowest BCUT2D eigenvalue weighted by molar-refractivity contribution is -0.132. The zero-order valence-corrected chi connectivity index (χ0v) is 31.6. The minimum atomic E-state index is -1.04. The van der Waals surface area contributed by atoms with E-state index in [0.717, 1.165) is 23.1 Å². The fourth-order valence-electron chi connectivity index (χ4n) is 5.63. The third kappa shape index (κ3) is 8.28. The molecule has 1 unspecified atom stereocenters. The Bertz CT molecular complexity index is 2100. The van der Waals surface area contributed by atoms with Crippen LogP contribution in [0, 0.1) is 12.8 Å². The highest BCUT2D eigenvalue weighted by molar-refractivity contribution is 8.00. The van der Waals surface area contributed by atoms with Crippen molar-refractivity contribution in [1.82, 2.24) is 10.2 Å². The summed E-state index contributed by atoms with van der Waals surface area (Å²) in [5.74, 6) is 0.527. The van der Waals surface area contributed by atoms with Crippen molar-refractivity contribution in [1.29, 1.82) is 0 Å². The Hall–Kier alpha value is -4.84. The van der Waals surface area contributed by atoms with Crippen molar-refractivity contribution >= 4 is 57.3 Å². The number of benzene rings is 4. The molecule has 1 atom stereocenters. The van der Waals surface area contributed by atoms with Crippen LogP contribution in [0.25, 0.3) is 5.76 Å². The van der Waals surface area contributed by atoms with E-state index in [2.05, 4.69) is 24.0 Å². The molecular formula is C40H38ClN3O6S2. The van der Waals surface area contributed by atoms with E-state index in [1.54, 1.807) is 42.5 Å². The highest BCUT2D eigenvalue weighted by Gasteiger charge is 2.48. The number of aromatic nitrogens is 2. The Morgan fingerprint density at radius 2 is 1.67 bits per heavy atom. The summed E-state index contributed by atoms with van der Waals surface area (Å²) < 4.78 is 18.3. The molecule has 52 heavy (non-hydrogen) atoms. The van der Waals surface area contributed by atoms with Crippen LogP contribution in [0.4, 0.5) is 5.13 Å². The Morgan fingerprint density at radius 1 is 0.942 bits per heavy atom. The zero-order valence-electron chi connectivity index (χ0n) is 29.2. The van der Waals surface area contributed by atoms with E-state index in [9.17, 15) is 14.7 Å². The average molecular weight is 756 g/mol. The number of ketones is 1. The van der Waals surface area contributed by atoms with Crippen molar-refractivity contribution in [2.24, 2.45) is 5.92 Å². The minimum absolute atomic E-state index is 0.0884. The highest BCUT2D eigenvalue weighted by atomic mass is 35.5. The monoisotopic (exact) mass is 755 g/mol. The molecule has 0 bridgehead atoms. The van der Waals surface area contributed by atoms with Gasteiger partial charge in [-0.15, -0.1) is 10.2 Å². The number of methoxy groups -OCH3 is 1. The number of hydrogen-bond acceptors (Lipinski definition) is 10. The number of ether oxygens (including phenoxy) is 3. The standard InChI is InChI=1S/C40H38ClN3O6S2/c1-24(2)19-20-49-32-18-15-27(21-33(32)48-4)35-34(36(45)26-13-16-30(17-14-26)50-22-28-10-6-5-9-25(28)3)37(46)38(47)44(35)39-42-43-40(52-39)51-23-29-11-7-8-12-31(29)41/h5-18,21,24,35,45H,19-20,22-23H2,1-4H3. The molecular weight excluding hydrogens is 718 g/mol. The van der Waals surface area contributed by atoms with Gasteiger partial charge in [0.15, 0.2) is 15.8 Å². The maximum Gasteiger partial charge on any atom is 0.301 e. The van der Waals surface area contributed by atoms with Crippen molar-refractivity contribution in [2.45, 2.75) is 49.9 Å². The summed E-state index contributed by atoms with van der Waals surface area (Å²) in [5.41, 5.74) is 3.89. The summed E-state index contributed by atoms with van der Waals surface area (Å²) in [6.45, 7) is 7.13. The number of amides is 1. The number of Topliss-reactive ketones (excluding diaryl/α,β-unsaturated/α-hetero) is 1. The first-order chi connectivity index (χ1) is 25.1. The maximum absolute atomic E-state index is 13.9. The van der Waals surface area contributed by atoms with Gasteiger partial charge in [0.25, 0.3) is 5.78 Å². The molecule has 1 fully saturated rings. The first-order valence-corrected chi connectivity index (χ1v) is 18.9. The Labute approximate surface area is 316 Å². The molecule has 9 nitrogen and oxygen atoms in total. The number of nitrogens with zero attached hydrogens (tertiary/aromatic N) is 3. The highest BCUT2D eigenvalue weighted by Crippen LogP contribution is 2.46. The van der Waals surface area contributed by atoms with E-state index in [4.69, 9.17) is 25.8 Å². The largest absolute Gasteiger partial charge is 0.507 e. The summed E-state index contributed by atoms with van der Waals surface area (Å²) in [4.78, 5) is 29.0. The van der Waals surface area contributed by atoms with Gasteiger partial charge in [0, 0.05) is 16.3 Å². The third-order valence-corrected chi connectivity index (χ3v) is 11.1. The fraction of sp³-hybridized carbons (Fsp3) is 0.250. The summed E-state index contributed by atoms with van der Waals surface area (Å²) >= 11 is 8.96. The van der Waals surface area contributed by atoms with Crippen molar-refractivity contribution in [3.63, 3.8) is 0 Å². The fourth-order valence-corrected chi connectivity index (χ4v) is 7.79. The lowest BCUT2D eigenvalue weighted by Gasteiger charge is -2.23. The summed E-state index contributed by atoms with van der Waals surface area (Å²) in [5, 5.41) is 21.3. The van der Waals surface area contributed by atoms with Crippen LogP contribution in [0.2, 0.25) is 5.02 Å². The smallest absolute Gasteiger partial charge is 0.301 e. The molecule has 0 radical (unpaired) electrons. The predicted octanol–water partition coefficient (Wildman–Crippen LogP) is 9.43. The van der Waals surface area contributed by atoms with Gasteiger partial charge in [-0.3, -0.25) is 14.5 Å². The minimum Gasteiger partial charge on any atom is -0.507 e. The molecule has 268 valence electrons. The molecule has 4 aromatic carbocycles. The van der Waals surface area contributed by atoms with Gasteiger partial charge in [0.2, 0.25) is 5.13 Å². The Kier molecular flexibility index (Phi) is 11.8. The number of aliphatic hydroxyl groups is 1. The number of hydrogen-bond donors (Lipinski definition) is 1. The number of thioether (sulfide) groups is 1. The topological polar surface area (TPSA) is 111 Å². The lowest BCUT2D eigenvalue weighted by Crippen LogP contribution is -2.29. The van der Waals surface area contributed by atoms with Crippen LogP contribution < -0.4 is 19.1 Å². The molecule has 0 spiro atoms. The van der Waals surface area contributed by atoms with E-state index in [0.29, 0.717) is 62.6 Å². The second-order valence-corrected chi connectivity index (χ2v) is 15.2. The summed E-state index contributed by atoms with van der Waals surface area (Å²) in [6, 6.07) is 26.5. The molecule has 1 aliphatic rings. The SMILES string of the molecule is COc1cc(C2C(=C(O)c3ccc(OCc4ccccc4C)cc3)C(=O)C(=O)N2c2nnc(SCc3ccccc3Cl)s2)ccc1OCCC(C)C. The molecule has 5 aromatic rings. The Balaban J connectivity index is 1.34. The van der Waals surface area contributed by atoms with Crippen LogP contribution in [-0.4, -0.2) is 40.7 Å². The Morgan fingerprint density at radius 3 is 2.38 bits per heavy atom. The number of aliphatic hydroxyl groups excluding tert-OH is 1. The van der Waals surface area contributed by atoms with Gasteiger partial charge in [-0.1, -0.05) is 97.1 Å². The molecule has 1 aromatic heterocycles. The number of anilines is 1. The number of rotatable bonds is 14. The molecule has 0 aliphatic carbocycles. The van der Waals surface area contributed by atoms with Crippen LogP contribution in [0.15, 0.2) is 101 Å². The van der Waals surface area contributed by atoms with Crippen molar-refractivity contribution in [3.05, 3.63) is 129 Å². The van der Waals surface area contributed by atoms with Crippen molar-refractivity contribution in [2.75, 3.05) is 18.6 Å². The summed E-state index contributed by atoms with van der Waals surface area (Å²) in [6.07, 6.45) is 0.856. The van der Waals surface area contributed by atoms with Crippen molar-refractivity contribution in [3.8, 4) is 17.2 Å². The molecule has 1 saturated heterocycles. The van der Waals surface area contributed by atoms with Crippen LogP contribution in [0.5, 0.6) is 17.2 Å². The molecule has 0 saturated carbocycles. The molecule has 12 heteroatoms. The normalized spacial score (nSPS) is 15.3. The third-order valence-electron chi connectivity index (χ3n) is 8.59. The van der Waals surface area contributed by atoms with Gasteiger partial charge in [-0.25, -0.2) is 0 Å². The van der Waals surface area contributed by atoms with Gasteiger partial charge in [0.1, 0.15) is 18.1 Å². The quantitative estimate of drug-likeness (QED) is 0.0390. The maximum atomic E-state index is 13.9. The van der Waals surface area contributed by atoms with Gasteiger partial charge in [0.05, 0.1) is 25.3 Å². The molecule has 6 rings (SSSR count). The second-order valence-electron chi connectivity index (χ2n) is 12.6. The molecule has 1 aliphatic heterocycles. The molecule has 1 amide bonds. The summed E-state index contributed by atoms with van der Waals surface area (Å²) in [7, 11) is 1.53. The van der Waals surface area contributed by atoms with E-state index in [1.165, 1.54) is 35.1 Å². The average Bonchev–Trinajstić information content (AvgIpc) is 3.72.